The molecule has 0 fully saturated rings. The van der Waals surface area contributed by atoms with Crippen LogP contribution in [0.3, 0.4) is 0 Å². The van der Waals surface area contributed by atoms with Gasteiger partial charge in [0, 0.05) is 49.2 Å². The van der Waals surface area contributed by atoms with Crippen LogP contribution in [0.5, 0.6) is 0 Å². The smallest absolute Gasteiger partial charge is 0.136 e. The second-order valence-corrected chi connectivity index (χ2v) is 10.1. The zero-order chi connectivity index (χ0) is 21.4. The predicted octanol–water partition coefficient (Wildman–Crippen LogP) is 5.11. The highest BCUT2D eigenvalue weighted by atomic mass is 32.1. The number of pyridine rings is 1. The lowest BCUT2D eigenvalue weighted by Gasteiger charge is -2.27. The van der Waals surface area contributed by atoms with Gasteiger partial charge < -0.3 is 0 Å². The molecule has 1 aromatic carbocycles. The standard InChI is InChI=1S/C24H24N4OS2/c1-15(29)9-24-26-13-23(31-24)19-10-18-5-7-28(8-6-20(18)25-12-19)16(2)17-3-4-22-21(11-17)27-14-30-22/h3-4,10-14,16H,5-9H2,1-2H3. The van der Waals surface area contributed by atoms with Gasteiger partial charge in [0.1, 0.15) is 10.8 Å². The Bertz CT molecular complexity index is 1250. The lowest BCUT2D eigenvalue weighted by atomic mass is 10.1. The molecule has 5 rings (SSSR count). The summed E-state index contributed by atoms with van der Waals surface area (Å²) in [6.07, 6.45) is 6.17. The van der Waals surface area contributed by atoms with E-state index in [-0.39, 0.29) is 5.78 Å². The molecule has 0 saturated heterocycles. The summed E-state index contributed by atoms with van der Waals surface area (Å²) < 4.78 is 1.24. The summed E-state index contributed by atoms with van der Waals surface area (Å²) >= 11 is 3.28. The van der Waals surface area contributed by atoms with Gasteiger partial charge in [-0.2, -0.15) is 0 Å². The van der Waals surface area contributed by atoms with Crippen molar-refractivity contribution in [2.75, 3.05) is 13.1 Å². The van der Waals surface area contributed by atoms with Crippen LogP contribution in [0.25, 0.3) is 20.7 Å². The van der Waals surface area contributed by atoms with E-state index in [1.165, 1.54) is 21.5 Å². The van der Waals surface area contributed by atoms with Crippen molar-refractivity contribution in [1.29, 1.82) is 0 Å². The summed E-state index contributed by atoms with van der Waals surface area (Å²) in [6, 6.07) is 9.27. The highest BCUT2D eigenvalue weighted by Gasteiger charge is 2.21. The van der Waals surface area contributed by atoms with E-state index in [0.717, 1.165) is 46.9 Å². The Morgan fingerprint density at radius 2 is 2.00 bits per heavy atom. The number of hydrogen-bond donors (Lipinski definition) is 0. The maximum Gasteiger partial charge on any atom is 0.136 e. The Balaban J connectivity index is 1.33. The van der Waals surface area contributed by atoms with Crippen molar-refractivity contribution < 1.29 is 4.79 Å². The van der Waals surface area contributed by atoms with Crippen molar-refractivity contribution in [3.63, 3.8) is 0 Å². The van der Waals surface area contributed by atoms with Crippen molar-refractivity contribution in [3.8, 4) is 10.4 Å². The van der Waals surface area contributed by atoms with Gasteiger partial charge in [0.05, 0.1) is 27.0 Å². The molecule has 0 amide bonds. The molecule has 4 heterocycles. The first kappa shape index (κ1) is 20.4. The molecule has 0 saturated carbocycles. The fourth-order valence-electron chi connectivity index (χ4n) is 4.21. The van der Waals surface area contributed by atoms with Gasteiger partial charge in [-0.15, -0.1) is 22.7 Å². The molecule has 158 valence electrons. The normalized spacial score (nSPS) is 15.5. The van der Waals surface area contributed by atoms with Crippen molar-refractivity contribution in [1.82, 2.24) is 19.9 Å². The first-order valence-corrected chi connectivity index (χ1v) is 12.3. The molecule has 7 heteroatoms. The summed E-state index contributed by atoms with van der Waals surface area (Å²) in [6.45, 7) is 5.90. The molecule has 0 spiro atoms. The van der Waals surface area contributed by atoms with Crippen LogP contribution in [0.15, 0.2) is 42.2 Å². The number of Topliss-reactive ketones (excluding diaryl/α,β-unsaturated/α-hetero) is 1. The number of hydrogen-bond acceptors (Lipinski definition) is 7. The molecule has 0 bridgehead atoms. The molecule has 0 aliphatic carbocycles. The number of carbonyl (C=O) groups excluding carboxylic acids is 1. The zero-order valence-corrected chi connectivity index (χ0v) is 19.3. The SMILES string of the molecule is CC(=O)Cc1ncc(-c2cnc3c(c2)CCN(C(C)c2ccc4scnc4c2)CC3)s1. The Morgan fingerprint density at radius 3 is 2.87 bits per heavy atom. The molecular formula is C24H24N4OS2. The number of aromatic nitrogens is 3. The van der Waals surface area contributed by atoms with E-state index in [0.29, 0.717) is 12.5 Å². The molecule has 5 nitrogen and oxygen atoms in total. The summed E-state index contributed by atoms with van der Waals surface area (Å²) in [5, 5.41) is 0.870. The molecule has 1 unspecified atom stereocenters. The van der Waals surface area contributed by atoms with Crippen LogP contribution in [-0.4, -0.2) is 38.7 Å². The first-order chi connectivity index (χ1) is 15.1. The lowest BCUT2D eigenvalue weighted by molar-refractivity contribution is -0.116. The summed E-state index contributed by atoms with van der Waals surface area (Å²) in [7, 11) is 0. The molecule has 0 radical (unpaired) electrons. The average Bonchev–Trinajstić information content (AvgIpc) is 3.37. The summed E-state index contributed by atoms with van der Waals surface area (Å²) in [5.74, 6) is 0.143. The fourth-order valence-corrected chi connectivity index (χ4v) is 5.84. The zero-order valence-electron chi connectivity index (χ0n) is 17.7. The number of benzene rings is 1. The van der Waals surface area contributed by atoms with Crippen LogP contribution in [0.2, 0.25) is 0 Å². The number of carbonyl (C=O) groups is 1. The Hall–Kier alpha value is -2.48. The highest BCUT2D eigenvalue weighted by Crippen LogP contribution is 2.30. The van der Waals surface area contributed by atoms with Gasteiger partial charge >= 0.3 is 0 Å². The van der Waals surface area contributed by atoms with Gasteiger partial charge in [-0.25, -0.2) is 9.97 Å². The number of nitrogens with zero attached hydrogens (tertiary/aromatic N) is 4. The molecule has 1 aliphatic rings. The van der Waals surface area contributed by atoms with Gasteiger partial charge in [-0.1, -0.05) is 6.07 Å². The Kier molecular flexibility index (Phi) is 5.65. The molecule has 31 heavy (non-hydrogen) atoms. The minimum atomic E-state index is 0.143. The quantitative estimate of drug-likeness (QED) is 0.425. The fraction of sp³-hybridized carbons (Fsp3) is 0.333. The van der Waals surface area contributed by atoms with Crippen molar-refractivity contribution in [3.05, 3.63) is 64.0 Å². The second kappa shape index (κ2) is 8.57. The third kappa shape index (κ3) is 4.31. The second-order valence-electron chi connectivity index (χ2n) is 8.12. The van der Waals surface area contributed by atoms with Gasteiger partial charge in [-0.3, -0.25) is 14.7 Å². The average molecular weight is 449 g/mol. The van der Waals surface area contributed by atoms with Crippen LogP contribution in [-0.2, 0) is 24.1 Å². The van der Waals surface area contributed by atoms with Crippen LogP contribution in [0.1, 0.15) is 41.7 Å². The molecule has 1 aliphatic heterocycles. The van der Waals surface area contributed by atoms with E-state index in [1.807, 2.05) is 17.9 Å². The molecule has 1 atom stereocenters. The minimum Gasteiger partial charge on any atom is -0.300 e. The Labute approximate surface area is 189 Å². The van der Waals surface area contributed by atoms with Crippen LogP contribution >= 0.6 is 22.7 Å². The number of ketones is 1. The molecular weight excluding hydrogens is 424 g/mol. The topological polar surface area (TPSA) is 59.0 Å². The molecule has 4 aromatic rings. The lowest BCUT2D eigenvalue weighted by Crippen LogP contribution is -2.29. The summed E-state index contributed by atoms with van der Waals surface area (Å²) in [4.78, 5) is 28.7. The van der Waals surface area contributed by atoms with Gasteiger partial charge in [-0.05, 0) is 49.6 Å². The van der Waals surface area contributed by atoms with Crippen LogP contribution < -0.4 is 0 Å². The number of rotatable bonds is 5. The number of fused-ring (bicyclic) bond motifs is 2. The molecule has 0 N–H and O–H groups in total. The highest BCUT2D eigenvalue weighted by molar-refractivity contribution is 7.16. The van der Waals surface area contributed by atoms with E-state index in [2.05, 4.69) is 46.1 Å². The van der Waals surface area contributed by atoms with Crippen molar-refractivity contribution >= 4 is 38.7 Å². The van der Waals surface area contributed by atoms with E-state index < -0.39 is 0 Å². The predicted molar refractivity (Wildman–Crippen MR) is 127 cm³/mol. The van der Waals surface area contributed by atoms with E-state index >= 15 is 0 Å². The van der Waals surface area contributed by atoms with Crippen molar-refractivity contribution in [2.45, 2.75) is 39.2 Å². The maximum absolute atomic E-state index is 11.4. The van der Waals surface area contributed by atoms with Gasteiger partial charge in [0.15, 0.2) is 0 Å². The third-order valence-electron chi connectivity index (χ3n) is 5.99. The van der Waals surface area contributed by atoms with Gasteiger partial charge in [0.25, 0.3) is 0 Å². The van der Waals surface area contributed by atoms with E-state index in [1.54, 1.807) is 29.6 Å². The van der Waals surface area contributed by atoms with E-state index in [4.69, 9.17) is 4.98 Å². The maximum atomic E-state index is 11.4. The number of thiazole rings is 2. The van der Waals surface area contributed by atoms with Crippen LogP contribution in [0, 0.1) is 0 Å². The molecule has 3 aromatic heterocycles. The Morgan fingerprint density at radius 1 is 1.13 bits per heavy atom. The van der Waals surface area contributed by atoms with Crippen LogP contribution in [0.4, 0.5) is 0 Å². The van der Waals surface area contributed by atoms with Crippen molar-refractivity contribution in [2.24, 2.45) is 0 Å². The largest absolute Gasteiger partial charge is 0.300 e. The minimum absolute atomic E-state index is 0.143. The summed E-state index contributed by atoms with van der Waals surface area (Å²) in [5.41, 5.74) is 7.94. The third-order valence-corrected chi connectivity index (χ3v) is 7.84. The van der Waals surface area contributed by atoms with E-state index in [9.17, 15) is 4.79 Å². The van der Waals surface area contributed by atoms with Gasteiger partial charge in [0.2, 0.25) is 0 Å². The first-order valence-electron chi connectivity index (χ1n) is 10.6. The monoisotopic (exact) mass is 448 g/mol.